The van der Waals surface area contributed by atoms with Crippen molar-refractivity contribution in [3.63, 3.8) is 0 Å². The maximum atomic E-state index is 12.5. The van der Waals surface area contributed by atoms with Gasteiger partial charge in [0.15, 0.2) is 0 Å². The van der Waals surface area contributed by atoms with E-state index in [-0.39, 0.29) is 18.0 Å². The normalized spacial score (nSPS) is 14.7. The minimum Gasteiger partial charge on any atom is -0.490 e. The first kappa shape index (κ1) is 24.8. The maximum absolute atomic E-state index is 12.5. The minimum absolute atomic E-state index is 0.0184. The highest BCUT2D eigenvalue weighted by atomic mass is 32.1. The van der Waals surface area contributed by atoms with Gasteiger partial charge >= 0.3 is 0 Å². The van der Waals surface area contributed by atoms with Crippen LogP contribution in [0.5, 0.6) is 5.75 Å². The Hall–Kier alpha value is -3.83. The summed E-state index contributed by atoms with van der Waals surface area (Å²) in [4.78, 5) is 25.9. The molecule has 1 aliphatic rings. The number of carbonyl (C=O) groups is 2. The molecule has 0 aliphatic carbocycles. The fraction of sp³-hybridized carbons (Fsp3) is 0.346. The summed E-state index contributed by atoms with van der Waals surface area (Å²) in [7, 11) is 3.51. The van der Waals surface area contributed by atoms with Crippen molar-refractivity contribution in [1.29, 1.82) is 0 Å². The van der Waals surface area contributed by atoms with E-state index in [4.69, 9.17) is 4.74 Å². The lowest BCUT2D eigenvalue weighted by molar-refractivity contribution is -0.121. The Morgan fingerprint density at radius 3 is 2.92 bits per heavy atom. The van der Waals surface area contributed by atoms with Crippen LogP contribution in [0.4, 0.5) is 10.7 Å². The van der Waals surface area contributed by atoms with Crippen molar-refractivity contribution in [2.45, 2.75) is 25.9 Å². The van der Waals surface area contributed by atoms with Gasteiger partial charge in [-0.1, -0.05) is 13.0 Å². The molecule has 0 saturated carbocycles. The Labute approximate surface area is 218 Å². The van der Waals surface area contributed by atoms with Gasteiger partial charge in [-0.15, -0.1) is 11.3 Å². The van der Waals surface area contributed by atoms with Crippen molar-refractivity contribution in [3.05, 3.63) is 47.7 Å². The second-order valence-corrected chi connectivity index (χ2v) is 10.2. The number of carbonyl (C=O) groups excluding carboxylic acids is 2. The molecule has 1 unspecified atom stereocenters. The number of H-pyrrole nitrogens is 1. The molecule has 2 aromatic carbocycles. The van der Waals surface area contributed by atoms with Gasteiger partial charge in [0.2, 0.25) is 5.91 Å². The minimum atomic E-state index is -0.184. The number of rotatable bonds is 9. The summed E-state index contributed by atoms with van der Waals surface area (Å²) in [5.41, 5.74) is 3.45. The van der Waals surface area contributed by atoms with E-state index in [2.05, 4.69) is 31.5 Å². The van der Waals surface area contributed by atoms with E-state index < -0.39 is 0 Å². The molecule has 2 amide bonds. The van der Waals surface area contributed by atoms with Gasteiger partial charge in [0.25, 0.3) is 5.91 Å². The summed E-state index contributed by atoms with van der Waals surface area (Å²) >= 11 is 1.64. The molecule has 1 atom stereocenters. The summed E-state index contributed by atoms with van der Waals surface area (Å²) in [6, 6.07) is 9.78. The van der Waals surface area contributed by atoms with Crippen LogP contribution in [0.15, 0.2) is 36.5 Å². The SMILES string of the molecule is CCCC(=O)NCCOc1cc2[nH]ncc2cc1NC1NCNc2sc3cc(C(=O)N(C)C)ccc3c21. The first-order chi connectivity index (χ1) is 17.9. The van der Waals surface area contributed by atoms with Crippen LogP contribution in [0.25, 0.3) is 21.0 Å². The number of aromatic nitrogens is 2. The Balaban J connectivity index is 1.41. The molecule has 37 heavy (non-hydrogen) atoms. The summed E-state index contributed by atoms with van der Waals surface area (Å²) in [6.45, 7) is 3.35. The van der Waals surface area contributed by atoms with Gasteiger partial charge in [-0.25, -0.2) is 0 Å². The summed E-state index contributed by atoms with van der Waals surface area (Å²) in [6.07, 6.45) is 2.92. The van der Waals surface area contributed by atoms with Crippen molar-refractivity contribution >= 4 is 54.8 Å². The average molecular weight is 522 g/mol. The fourth-order valence-electron chi connectivity index (χ4n) is 4.41. The lowest BCUT2D eigenvalue weighted by atomic mass is 10.1. The Morgan fingerprint density at radius 2 is 2.11 bits per heavy atom. The highest BCUT2D eigenvalue weighted by Crippen LogP contribution is 2.43. The third kappa shape index (κ3) is 5.18. The zero-order valence-electron chi connectivity index (χ0n) is 21.1. The lowest BCUT2D eigenvalue weighted by Gasteiger charge is -2.28. The van der Waals surface area contributed by atoms with Crippen LogP contribution in [0.3, 0.4) is 0 Å². The third-order valence-corrected chi connectivity index (χ3v) is 7.35. The number of ether oxygens (including phenoxy) is 1. The first-order valence-electron chi connectivity index (χ1n) is 12.3. The quantitative estimate of drug-likeness (QED) is 0.212. The van der Waals surface area contributed by atoms with E-state index >= 15 is 0 Å². The number of fused-ring (bicyclic) bond motifs is 4. The molecule has 0 saturated heterocycles. The molecular weight excluding hydrogens is 490 g/mol. The van der Waals surface area contributed by atoms with Gasteiger partial charge in [-0.05, 0) is 24.6 Å². The zero-order chi connectivity index (χ0) is 25.9. The van der Waals surface area contributed by atoms with Gasteiger partial charge < -0.3 is 25.6 Å². The summed E-state index contributed by atoms with van der Waals surface area (Å²) < 4.78 is 7.14. The Morgan fingerprint density at radius 1 is 1.24 bits per heavy atom. The molecule has 3 heterocycles. The molecule has 0 radical (unpaired) electrons. The van der Waals surface area contributed by atoms with E-state index in [1.165, 1.54) is 0 Å². The molecule has 4 aromatic rings. The van der Waals surface area contributed by atoms with Crippen LogP contribution in [0.2, 0.25) is 0 Å². The number of benzene rings is 2. The first-order valence-corrected chi connectivity index (χ1v) is 13.1. The number of nitrogens with zero attached hydrogens (tertiary/aromatic N) is 2. The molecule has 5 rings (SSSR count). The number of hydrogen-bond acceptors (Lipinski definition) is 8. The smallest absolute Gasteiger partial charge is 0.253 e. The number of nitrogens with one attached hydrogen (secondary N) is 5. The highest BCUT2D eigenvalue weighted by molar-refractivity contribution is 7.23. The van der Waals surface area contributed by atoms with Gasteiger partial charge in [0, 0.05) is 53.2 Å². The van der Waals surface area contributed by atoms with Gasteiger partial charge in [-0.2, -0.15) is 5.10 Å². The topological polar surface area (TPSA) is 123 Å². The molecule has 2 aromatic heterocycles. The number of aromatic amines is 1. The van der Waals surface area contributed by atoms with Crippen LogP contribution < -0.4 is 26.0 Å². The van der Waals surface area contributed by atoms with Crippen LogP contribution in [0, 0.1) is 0 Å². The third-order valence-electron chi connectivity index (χ3n) is 6.22. The van der Waals surface area contributed by atoms with E-state index in [1.54, 1.807) is 36.5 Å². The van der Waals surface area contributed by atoms with Gasteiger partial charge in [0.1, 0.15) is 18.5 Å². The van der Waals surface area contributed by atoms with Crippen molar-refractivity contribution in [1.82, 2.24) is 25.7 Å². The molecule has 0 fully saturated rings. The van der Waals surface area contributed by atoms with E-state index in [1.807, 2.05) is 37.3 Å². The Bertz CT molecular complexity index is 1440. The van der Waals surface area contributed by atoms with Crippen molar-refractivity contribution < 1.29 is 14.3 Å². The van der Waals surface area contributed by atoms with Crippen LogP contribution in [0.1, 0.15) is 41.9 Å². The van der Waals surface area contributed by atoms with Gasteiger partial charge in [0.05, 0.1) is 35.6 Å². The zero-order valence-corrected chi connectivity index (χ0v) is 21.9. The summed E-state index contributed by atoms with van der Waals surface area (Å²) in [5.74, 6) is 0.677. The number of hydrogen-bond donors (Lipinski definition) is 5. The summed E-state index contributed by atoms with van der Waals surface area (Å²) in [5, 5.41) is 23.7. The maximum Gasteiger partial charge on any atom is 0.253 e. The van der Waals surface area contributed by atoms with Crippen LogP contribution in [-0.2, 0) is 4.79 Å². The molecule has 5 N–H and O–H groups in total. The van der Waals surface area contributed by atoms with Crippen molar-refractivity contribution in [3.8, 4) is 5.75 Å². The van der Waals surface area contributed by atoms with E-state index in [0.717, 1.165) is 43.7 Å². The molecule has 0 bridgehead atoms. The number of amides is 2. The van der Waals surface area contributed by atoms with Crippen LogP contribution >= 0.6 is 11.3 Å². The molecule has 0 spiro atoms. The lowest BCUT2D eigenvalue weighted by Crippen LogP contribution is -2.36. The number of anilines is 2. The van der Waals surface area contributed by atoms with Crippen molar-refractivity contribution in [2.75, 3.05) is 44.5 Å². The highest BCUT2D eigenvalue weighted by Gasteiger charge is 2.26. The Kier molecular flexibility index (Phi) is 7.15. The fourth-order valence-corrected chi connectivity index (χ4v) is 5.59. The molecule has 10 nitrogen and oxygen atoms in total. The predicted molar refractivity (Wildman–Crippen MR) is 147 cm³/mol. The standard InChI is InChI=1S/C26H31N7O3S/c1-4-5-22(34)27-8-9-36-20-12-18-16(13-30-32-18)10-19(20)31-24-23-17-7-6-15(26(35)33(2)3)11-21(17)37-25(23)29-14-28-24/h6-7,10-13,24,28-29,31H,4-5,8-9,14H2,1-3H3,(H,27,34)(H,30,32). The number of thiophene rings is 1. The largest absolute Gasteiger partial charge is 0.490 e. The molecule has 11 heteroatoms. The second-order valence-electron chi connectivity index (χ2n) is 9.14. The monoisotopic (exact) mass is 521 g/mol. The van der Waals surface area contributed by atoms with E-state index in [0.29, 0.717) is 37.6 Å². The molecular formula is C26H31N7O3S. The van der Waals surface area contributed by atoms with Crippen molar-refractivity contribution in [2.24, 2.45) is 0 Å². The predicted octanol–water partition coefficient (Wildman–Crippen LogP) is 3.86. The molecule has 194 valence electrons. The van der Waals surface area contributed by atoms with Gasteiger partial charge in [-0.3, -0.25) is 20.0 Å². The van der Waals surface area contributed by atoms with Crippen LogP contribution in [-0.4, -0.2) is 60.8 Å². The average Bonchev–Trinajstić information content (AvgIpc) is 3.50. The molecule has 1 aliphatic heterocycles. The second kappa shape index (κ2) is 10.7. The van der Waals surface area contributed by atoms with E-state index in [9.17, 15) is 9.59 Å².